The number of nitrogens with two attached hydrogens (primary N) is 1. The maximum absolute atomic E-state index is 14.1. The Morgan fingerprint density at radius 2 is 2.00 bits per heavy atom. The molecule has 29 heavy (non-hydrogen) atoms. The fraction of sp³-hybridized carbons (Fsp3) is 0.368. The van der Waals surface area contributed by atoms with Crippen molar-refractivity contribution in [3.63, 3.8) is 0 Å². The summed E-state index contributed by atoms with van der Waals surface area (Å²) in [4.78, 5) is 31.7. The number of aromatic nitrogens is 2. The summed E-state index contributed by atoms with van der Waals surface area (Å²) in [5, 5.41) is 5.49. The van der Waals surface area contributed by atoms with Gasteiger partial charge in [-0.25, -0.2) is 14.2 Å². The van der Waals surface area contributed by atoms with E-state index in [2.05, 4.69) is 20.6 Å². The van der Waals surface area contributed by atoms with Crippen LogP contribution in [0.4, 0.5) is 20.7 Å². The van der Waals surface area contributed by atoms with E-state index in [-0.39, 0.29) is 22.9 Å². The quantitative estimate of drug-likeness (QED) is 0.641. The molecule has 0 aliphatic heterocycles. The van der Waals surface area contributed by atoms with Gasteiger partial charge in [0.1, 0.15) is 6.10 Å². The van der Waals surface area contributed by atoms with Crippen molar-refractivity contribution in [2.75, 3.05) is 10.6 Å². The molecule has 1 heterocycles. The second-order valence-corrected chi connectivity index (χ2v) is 7.60. The summed E-state index contributed by atoms with van der Waals surface area (Å²) in [7, 11) is 0. The average Bonchev–Trinajstić information content (AvgIpc) is 3.23. The van der Waals surface area contributed by atoms with Crippen molar-refractivity contribution in [2.24, 2.45) is 23.5 Å². The van der Waals surface area contributed by atoms with Crippen molar-refractivity contribution >= 4 is 35.1 Å². The molecule has 2 amide bonds. The molecule has 4 rings (SSSR count). The molecular weight excluding hydrogens is 401 g/mol. The van der Waals surface area contributed by atoms with E-state index < -0.39 is 35.9 Å². The van der Waals surface area contributed by atoms with Crippen LogP contribution in [0.3, 0.4) is 0 Å². The number of carbonyl (C=O) groups is 2. The number of primary amides is 1. The Balaban J connectivity index is 1.49. The number of nitrogens with zero attached hydrogens (tertiary/aromatic N) is 2. The number of halogens is 2. The third-order valence-corrected chi connectivity index (χ3v) is 5.75. The van der Waals surface area contributed by atoms with Crippen molar-refractivity contribution in [2.45, 2.75) is 25.0 Å². The number of para-hydroxylation sites is 1. The van der Waals surface area contributed by atoms with Gasteiger partial charge in [-0.05, 0) is 42.5 Å². The summed E-state index contributed by atoms with van der Waals surface area (Å²) in [6.45, 7) is 0. The zero-order chi connectivity index (χ0) is 20.5. The topological polar surface area (TPSA) is 119 Å². The average molecular weight is 420 g/mol. The number of hydrogen-bond acceptors (Lipinski definition) is 6. The Morgan fingerprint density at radius 3 is 2.72 bits per heavy atom. The normalized spacial score (nSPS) is 27.4. The number of carbonyl (C=O) groups excluding carboxylic acids is 2. The monoisotopic (exact) mass is 419 g/mol. The molecule has 5 atom stereocenters. The second kappa shape index (κ2) is 7.82. The highest BCUT2D eigenvalue weighted by Gasteiger charge is 2.56. The predicted octanol–water partition coefficient (Wildman–Crippen LogP) is 2.81. The Hall–Kier alpha value is -2.94. The van der Waals surface area contributed by atoms with Gasteiger partial charge in [0, 0.05) is 17.6 Å². The predicted molar refractivity (Wildman–Crippen MR) is 104 cm³/mol. The number of nitrogens with one attached hydrogen (secondary N) is 2. The van der Waals surface area contributed by atoms with Crippen LogP contribution < -0.4 is 16.4 Å². The molecule has 4 N–H and O–H groups in total. The third-order valence-electron chi connectivity index (χ3n) is 5.57. The van der Waals surface area contributed by atoms with Crippen molar-refractivity contribution in [1.82, 2.24) is 9.97 Å². The smallest absolute Gasteiger partial charge is 0.411 e. The first kappa shape index (κ1) is 19.4. The van der Waals surface area contributed by atoms with E-state index >= 15 is 0 Å². The SMILES string of the molecule is NC(=O)[C@H]1[C@H]2CC(OC(=O)Nc3ccccc3)[C@H](C2)[C@H]1Nc1nc(Cl)ncc1F. The van der Waals surface area contributed by atoms with Crippen molar-refractivity contribution in [3.05, 3.63) is 47.6 Å². The molecule has 152 valence electrons. The Morgan fingerprint density at radius 1 is 1.24 bits per heavy atom. The maximum atomic E-state index is 14.1. The molecule has 0 radical (unpaired) electrons. The van der Waals surface area contributed by atoms with Crippen LogP contribution in [0.5, 0.6) is 0 Å². The van der Waals surface area contributed by atoms with Gasteiger partial charge in [0.2, 0.25) is 11.2 Å². The zero-order valence-electron chi connectivity index (χ0n) is 15.2. The molecule has 8 nitrogen and oxygen atoms in total. The summed E-state index contributed by atoms with van der Waals surface area (Å²) in [6, 6.07) is 8.40. The lowest BCUT2D eigenvalue weighted by atomic mass is 9.82. The molecule has 10 heteroatoms. The van der Waals surface area contributed by atoms with Crippen molar-refractivity contribution < 1.29 is 18.7 Å². The lowest BCUT2D eigenvalue weighted by Crippen LogP contribution is -2.48. The van der Waals surface area contributed by atoms with E-state index in [1.165, 1.54) is 0 Å². The van der Waals surface area contributed by atoms with E-state index in [1.807, 2.05) is 6.07 Å². The van der Waals surface area contributed by atoms with Crippen LogP contribution in [0.1, 0.15) is 12.8 Å². The molecule has 0 spiro atoms. The van der Waals surface area contributed by atoms with Gasteiger partial charge < -0.3 is 15.8 Å². The molecule has 0 saturated heterocycles. The number of anilines is 2. The fourth-order valence-corrected chi connectivity index (χ4v) is 4.59. The summed E-state index contributed by atoms with van der Waals surface area (Å²) in [5.41, 5.74) is 6.21. The summed E-state index contributed by atoms with van der Waals surface area (Å²) in [6.07, 6.45) is 1.09. The van der Waals surface area contributed by atoms with Crippen LogP contribution >= 0.6 is 11.6 Å². The first-order valence-electron chi connectivity index (χ1n) is 9.19. The molecule has 2 aliphatic rings. The lowest BCUT2D eigenvalue weighted by Gasteiger charge is -2.34. The number of fused-ring (bicyclic) bond motifs is 2. The van der Waals surface area contributed by atoms with E-state index in [0.29, 0.717) is 18.5 Å². The van der Waals surface area contributed by atoms with Crippen LogP contribution in [0.25, 0.3) is 0 Å². The highest BCUT2D eigenvalue weighted by molar-refractivity contribution is 6.28. The summed E-state index contributed by atoms with van der Waals surface area (Å²) < 4.78 is 19.7. The molecule has 2 fully saturated rings. The Labute approximate surface area is 171 Å². The van der Waals surface area contributed by atoms with Gasteiger partial charge in [0.15, 0.2) is 11.6 Å². The highest BCUT2D eigenvalue weighted by Crippen LogP contribution is 2.50. The summed E-state index contributed by atoms with van der Waals surface area (Å²) >= 11 is 5.76. The highest BCUT2D eigenvalue weighted by atomic mass is 35.5. The Bertz CT molecular complexity index is 931. The standard InChI is InChI=1S/C19H19ClFN5O3/c20-18-23-8-12(21)17(26-18)25-15-11-6-9(14(15)16(22)27)7-13(11)29-19(28)24-10-4-2-1-3-5-10/h1-5,8-9,11,13-15H,6-7H2,(H2,22,27)(H,24,28)(H,23,25,26)/t9-,11+,13?,14+,15-/m1/s1. The number of rotatable bonds is 5. The molecule has 2 saturated carbocycles. The minimum absolute atomic E-state index is 0.0649. The fourth-order valence-electron chi connectivity index (χ4n) is 4.45. The minimum Gasteiger partial charge on any atom is -0.446 e. The first-order chi connectivity index (χ1) is 13.9. The Kier molecular flexibility index (Phi) is 5.23. The van der Waals surface area contributed by atoms with E-state index in [9.17, 15) is 14.0 Å². The maximum Gasteiger partial charge on any atom is 0.411 e. The number of hydrogen-bond donors (Lipinski definition) is 3. The van der Waals surface area contributed by atoms with Crippen molar-refractivity contribution in [3.8, 4) is 0 Å². The van der Waals surface area contributed by atoms with Gasteiger partial charge in [0.25, 0.3) is 0 Å². The van der Waals surface area contributed by atoms with E-state index in [1.54, 1.807) is 24.3 Å². The zero-order valence-corrected chi connectivity index (χ0v) is 16.0. The molecule has 1 unspecified atom stereocenters. The van der Waals surface area contributed by atoms with Crippen LogP contribution in [0.2, 0.25) is 5.28 Å². The van der Waals surface area contributed by atoms with E-state index in [0.717, 1.165) is 6.20 Å². The minimum atomic E-state index is -0.695. The van der Waals surface area contributed by atoms with Crippen LogP contribution in [-0.4, -0.2) is 34.1 Å². The van der Waals surface area contributed by atoms with Gasteiger partial charge in [-0.15, -0.1) is 0 Å². The van der Waals surface area contributed by atoms with Crippen LogP contribution in [0, 0.1) is 23.6 Å². The molecular formula is C19H19ClFN5O3. The van der Waals surface area contributed by atoms with Gasteiger partial charge >= 0.3 is 6.09 Å². The van der Waals surface area contributed by atoms with Gasteiger partial charge in [-0.2, -0.15) is 4.98 Å². The number of benzene rings is 1. The van der Waals surface area contributed by atoms with Gasteiger partial charge in [0.05, 0.1) is 12.1 Å². The van der Waals surface area contributed by atoms with Crippen molar-refractivity contribution in [1.29, 1.82) is 0 Å². The van der Waals surface area contributed by atoms with Crippen LogP contribution in [-0.2, 0) is 9.53 Å². The number of amides is 2. The molecule has 1 aromatic carbocycles. The van der Waals surface area contributed by atoms with E-state index in [4.69, 9.17) is 22.1 Å². The van der Waals surface area contributed by atoms with Gasteiger partial charge in [-0.3, -0.25) is 10.1 Å². The third kappa shape index (κ3) is 3.95. The molecule has 2 aliphatic carbocycles. The molecule has 2 aromatic rings. The van der Waals surface area contributed by atoms with Gasteiger partial charge in [-0.1, -0.05) is 18.2 Å². The molecule has 1 aromatic heterocycles. The first-order valence-corrected chi connectivity index (χ1v) is 9.56. The largest absolute Gasteiger partial charge is 0.446 e. The summed E-state index contributed by atoms with van der Waals surface area (Å²) in [5.74, 6) is -2.09. The molecule has 2 bridgehead atoms. The lowest BCUT2D eigenvalue weighted by molar-refractivity contribution is -0.124. The number of ether oxygens (including phenoxy) is 1. The van der Waals surface area contributed by atoms with Crippen LogP contribution in [0.15, 0.2) is 36.5 Å². The second-order valence-electron chi connectivity index (χ2n) is 7.26.